The van der Waals surface area contributed by atoms with Gasteiger partial charge >= 0.3 is 0 Å². The van der Waals surface area contributed by atoms with Gasteiger partial charge in [0.2, 0.25) is 0 Å². The second-order valence-electron chi connectivity index (χ2n) is 2.88. The van der Waals surface area contributed by atoms with E-state index in [0.29, 0.717) is 0 Å². The third-order valence-electron chi connectivity index (χ3n) is 1.83. The fraction of sp³-hybridized carbons (Fsp3) is 0.636. The highest BCUT2D eigenvalue weighted by molar-refractivity contribution is 5.17. The Kier molecular flexibility index (Phi) is 8.14. The van der Waals surface area contributed by atoms with Crippen LogP contribution in [-0.4, -0.2) is 11.7 Å². The van der Waals surface area contributed by atoms with Gasteiger partial charge in [0.1, 0.15) is 0 Å². The molecule has 0 rings (SSSR count). The third kappa shape index (κ3) is 6.17. The minimum Gasteiger partial charge on any atom is -0.396 e. The molecule has 0 aromatic carbocycles. The number of allylic oxidation sites excluding steroid dienone is 3. The van der Waals surface area contributed by atoms with E-state index in [1.807, 2.05) is 6.92 Å². The smallest absolute Gasteiger partial charge is 0.0471 e. The van der Waals surface area contributed by atoms with Crippen LogP contribution in [0.3, 0.4) is 0 Å². The highest BCUT2D eigenvalue weighted by Crippen LogP contribution is 2.04. The number of hydrogen-bond acceptors (Lipinski definition) is 1. The maximum Gasteiger partial charge on any atom is 0.0471 e. The summed E-state index contributed by atoms with van der Waals surface area (Å²) in [6.07, 6.45) is 10.8. The molecule has 1 N–H and O–H groups in total. The second kappa shape index (κ2) is 8.54. The standard InChI is InChI=1S/C11H20O/c1-3-5-6-7-8-11(4-2)9-10-12/h4,7-8,12H,3,5-6,9-10H2,1-2H3/b8-7-,11-4+. The normalized spacial score (nSPS) is 12.8. The molecule has 0 aliphatic heterocycles. The number of aliphatic hydroxyl groups is 1. The van der Waals surface area contributed by atoms with Crippen molar-refractivity contribution in [1.82, 2.24) is 0 Å². The maximum atomic E-state index is 8.70. The van der Waals surface area contributed by atoms with E-state index in [-0.39, 0.29) is 6.61 Å². The van der Waals surface area contributed by atoms with Crippen molar-refractivity contribution in [2.75, 3.05) is 6.61 Å². The first-order valence-corrected chi connectivity index (χ1v) is 4.77. The van der Waals surface area contributed by atoms with Gasteiger partial charge in [-0.1, -0.05) is 43.6 Å². The first-order chi connectivity index (χ1) is 5.85. The molecule has 0 aromatic rings. The molecule has 1 nitrogen and oxygen atoms in total. The van der Waals surface area contributed by atoms with Gasteiger partial charge in [0.05, 0.1) is 0 Å². The van der Waals surface area contributed by atoms with E-state index < -0.39 is 0 Å². The van der Waals surface area contributed by atoms with Gasteiger partial charge in [0.15, 0.2) is 0 Å². The lowest BCUT2D eigenvalue weighted by Crippen LogP contribution is -1.84. The van der Waals surface area contributed by atoms with Crippen molar-refractivity contribution in [3.05, 3.63) is 23.8 Å². The highest BCUT2D eigenvalue weighted by atomic mass is 16.2. The van der Waals surface area contributed by atoms with Gasteiger partial charge in [-0.2, -0.15) is 0 Å². The van der Waals surface area contributed by atoms with Gasteiger partial charge < -0.3 is 5.11 Å². The lowest BCUT2D eigenvalue weighted by atomic mass is 10.1. The molecule has 0 saturated carbocycles. The molecule has 0 heterocycles. The van der Waals surface area contributed by atoms with E-state index in [9.17, 15) is 0 Å². The molecule has 0 aliphatic carbocycles. The summed E-state index contributed by atoms with van der Waals surface area (Å²) in [7, 11) is 0. The summed E-state index contributed by atoms with van der Waals surface area (Å²) < 4.78 is 0. The summed E-state index contributed by atoms with van der Waals surface area (Å²) in [4.78, 5) is 0. The lowest BCUT2D eigenvalue weighted by Gasteiger charge is -1.96. The van der Waals surface area contributed by atoms with Gasteiger partial charge in [0, 0.05) is 6.61 Å². The largest absolute Gasteiger partial charge is 0.396 e. The average molecular weight is 168 g/mol. The van der Waals surface area contributed by atoms with Gasteiger partial charge in [-0.15, -0.1) is 0 Å². The van der Waals surface area contributed by atoms with Crippen molar-refractivity contribution >= 4 is 0 Å². The maximum absolute atomic E-state index is 8.70. The first kappa shape index (κ1) is 11.4. The summed E-state index contributed by atoms with van der Waals surface area (Å²) in [6.45, 7) is 4.45. The monoisotopic (exact) mass is 168 g/mol. The summed E-state index contributed by atoms with van der Waals surface area (Å²) in [5.41, 5.74) is 1.23. The number of hydrogen-bond donors (Lipinski definition) is 1. The molecule has 0 unspecified atom stereocenters. The van der Waals surface area contributed by atoms with Crippen molar-refractivity contribution in [3.63, 3.8) is 0 Å². The second-order valence-corrected chi connectivity index (χ2v) is 2.88. The van der Waals surface area contributed by atoms with Crippen LogP contribution in [0.25, 0.3) is 0 Å². The summed E-state index contributed by atoms with van der Waals surface area (Å²) in [6, 6.07) is 0. The molecule has 70 valence electrons. The van der Waals surface area contributed by atoms with Crippen LogP contribution in [0.2, 0.25) is 0 Å². The molecular formula is C11H20O. The number of unbranched alkanes of at least 4 members (excludes halogenated alkanes) is 2. The third-order valence-corrected chi connectivity index (χ3v) is 1.83. The molecule has 1 heteroatoms. The van der Waals surface area contributed by atoms with Crippen LogP contribution >= 0.6 is 0 Å². The fourth-order valence-electron chi connectivity index (χ4n) is 1.01. The zero-order valence-electron chi connectivity index (χ0n) is 8.21. The topological polar surface area (TPSA) is 20.2 Å². The summed E-state index contributed by atoms with van der Waals surface area (Å²) in [5.74, 6) is 0. The Hall–Kier alpha value is -0.560. The van der Waals surface area contributed by atoms with E-state index >= 15 is 0 Å². The molecule has 0 spiro atoms. The predicted molar refractivity (Wildman–Crippen MR) is 54.1 cm³/mol. The molecule has 0 bridgehead atoms. The SMILES string of the molecule is C/C=C(\C=C/CCCC)CCO. The molecule has 0 aromatic heterocycles. The Morgan fingerprint density at radius 1 is 1.42 bits per heavy atom. The Bertz CT molecular complexity index is 145. The Morgan fingerprint density at radius 2 is 2.17 bits per heavy atom. The van der Waals surface area contributed by atoms with Crippen molar-refractivity contribution in [2.45, 2.75) is 39.5 Å². The van der Waals surface area contributed by atoms with Crippen LogP contribution in [0.1, 0.15) is 39.5 Å². The minimum atomic E-state index is 0.248. The molecule has 0 aliphatic rings. The molecule has 0 saturated heterocycles. The molecule has 12 heavy (non-hydrogen) atoms. The Labute approximate surface area is 75.8 Å². The summed E-state index contributed by atoms with van der Waals surface area (Å²) >= 11 is 0. The van der Waals surface area contributed by atoms with Crippen molar-refractivity contribution in [3.8, 4) is 0 Å². The van der Waals surface area contributed by atoms with Crippen LogP contribution in [0.15, 0.2) is 23.8 Å². The van der Waals surface area contributed by atoms with Crippen molar-refractivity contribution in [2.24, 2.45) is 0 Å². The molecule has 0 atom stereocenters. The zero-order valence-corrected chi connectivity index (χ0v) is 8.21. The number of rotatable bonds is 6. The molecular weight excluding hydrogens is 148 g/mol. The van der Waals surface area contributed by atoms with Crippen molar-refractivity contribution in [1.29, 1.82) is 0 Å². The van der Waals surface area contributed by atoms with E-state index in [1.54, 1.807) is 0 Å². The van der Waals surface area contributed by atoms with Crippen LogP contribution in [0, 0.1) is 0 Å². The minimum absolute atomic E-state index is 0.248. The van der Waals surface area contributed by atoms with Crippen molar-refractivity contribution < 1.29 is 5.11 Å². The summed E-state index contributed by atoms with van der Waals surface area (Å²) in [5, 5.41) is 8.70. The molecule has 0 radical (unpaired) electrons. The van der Waals surface area contributed by atoms with Crippen LogP contribution in [-0.2, 0) is 0 Å². The fourth-order valence-corrected chi connectivity index (χ4v) is 1.01. The first-order valence-electron chi connectivity index (χ1n) is 4.77. The molecule has 0 amide bonds. The quantitative estimate of drug-likeness (QED) is 0.477. The average Bonchev–Trinajstić information content (AvgIpc) is 2.10. The number of aliphatic hydroxyl groups excluding tert-OH is 1. The van der Waals surface area contributed by atoms with Crippen LogP contribution < -0.4 is 0 Å². The Morgan fingerprint density at radius 3 is 2.67 bits per heavy atom. The van der Waals surface area contributed by atoms with Crippen LogP contribution in [0.4, 0.5) is 0 Å². The van der Waals surface area contributed by atoms with Gasteiger partial charge in [0.25, 0.3) is 0 Å². The molecule has 0 fully saturated rings. The highest BCUT2D eigenvalue weighted by Gasteiger charge is 1.87. The van der Waals surface area contributed by atoms with Gasteiger partial charge in [-0.25, -0.2) is 0 Å². The van der Waals surface area contributed by atoms with E-state index in [1.165, 1.54) is 18.4 Å². The van der Waals surface area contributed by atoms with E-state index in [2.05, 4.69) is 25.2 Å². The zero-order chi connectivity index (χ0) is 9.23. The van der Waals surface area contributed by atoms with Gasteiger partial charge in [-0.3, -0.25) is 0 Å². The van der Waals surface area contributed by atoms with Gasteiger partial charge in [-0.05, 0) is 19.8 Å². The van der Waals surface area contributed by atoms with Crippen LogP contribution in [0.5, 0.6) is 0 Å². The van der Waals surface area contributed by atoms with E-state index in [0.717, 1.165) is 12.8 Å². The van der Waals surface area contributed by atoms with E-state index in [4.69, 9.17) is 5.11 Å². The Balaban J connectivity index is 3.62. The lowest BCUT2D eigenvalue weighted by molar-refractivity contribution is 0.300. The predicted octanol–water partition coefficient (Wildman–Crippen LogP) is 3.06.